The maximum absolute atomic E-state index is 12.4. The molecule has 23 heavy (non-hydrogen) atoms. The number of amides is 1. The van der Waals surface area contributed by atoms with Crippen molar-refractivity contribution < 1.29 is 19.4 Å². The minimum Gasteiger partial charge on any atom is -0.390 e. The molecule has 0 radical (unpaired) electrons. The van der Waals surface area contributed by atoms with Crippen molar-refractivity contribution >= 4 is 23.0 Å². The average Bonchev–Trinajstić information content (AvgIpc) is 3.00. The number of Topliss-reactive ketones (excluding diaryl/α,β-unsaturated/α-hetero) is 1. The summed E-state index contributed by atoms with van der Waals surface area (Å²) in [6.07, 6.45) is 3.01. The quantitative estimate of drug-likeness (QED) is 0.857. The fraction of sp³-hybridized carbons (Fsp3) is 0.647. The molecule has 1 N–H and O–H groups in total. The Bertz CT molecular complexity index is 589. The highest BCUT2D eigenvalue weighted by Gasteiger charge is 2.44. The molecule has 2 fully saturated rings. The van der Waals surface area contributed by atoms with Crippen LogP contribution in [0.3, 0.4) is 0 Å². The van der Waals surface area contributed by atoms with Crippen molar-refractivity contribution in [1.82, 2.24) is 4.90 Å². The molecule has 0 aromatic carbocycles. The average molecular weight is 337 g/mol. The summed E-state index contributed by atoms with van der Waals surface area (Å²) in [7, 11) is 0. The first-order chi connectivity index (χ1) is 11.0. The second-order valence-electron chi connectivity index (χ2n) is 6.50. The Labute approximate surface area is 140 Å². The number of ketones is 1. The number of aliphatic hydroxyl groups excluding tert-OH is 1. The van der Waals surface area contributed by atoms with Gasteiger partial charge in [-0.25, -0.2) is 0 Å². The van der Waals surface area contributed by atoms with Gasteiger partial charge in [-0.1, -0.05) is 0 Å². The fourth-order valence-electron chi connectivity index (χ4n) is 3.46. The Morgan fingerprint density at radius 2 is 2.17 bits per heavy atom. The van der Waals surface area contributed by atoms with Crippen LogP contribution in [0.2, 0.25) is 0 Å². The highest BCUT2D eigenvalue weighted by Crippen LogP contribution is 2.35. The summed E-state index contributed by atoms with van der Waals surface area (Å²) in [5.74, 6) is 0.120. The van der Waals surface area contributed by atoms with Crippen LogP contribution in [0.5, 0.6) is 0 Å². The number of carbonyl (C=O) groups excluding carboxylic acids is 2. The molecule has 2 aliphatic heterocycles. The van der Waals surface area contributed by atoms with Crippen LogP contribution in [-0.4, -0.2) is 53.1 Å². The molecule has 1 atom stereocenters. The van der Waals surface area contributed by atoms with Crippen molar-refractivity contribution in [2.45, 2.75) is 50.7 Å². The Hall–Kier alpha value is -1.24. The highest BCUT2D eigenvalue weighted by atomic mass is 32.1. The highest BCUT2D eigenvalue weighted by molar-refractivity contribution is 7.12. The van der Waals surface area contributed by atoms with Gasteiger partial charge < -0.3 is 14.7 Å². The topological polar surface area (TPSA) is 66.8 Å². The van der Waals surface area contributed by atoms with Gasteiger partial charge in [-0.2, -0.15) is 0 Å². The van der Waals surface area contributed by atoms with E-state index in [1.54, 1.807) is 0 Å². The number of rotatable bonds is 3. The largest absolute Gasteiger partial charge is 0.390 e. The minimum atomic E-state index is -0.445. The van der Waals surface area contributed by atoms with Crippen molar-refractivity contribution in [3.05, 3.63) is 21.9 Å². The Morgan fingerprint density at radius 3 is 2.78 bits per heavy atom. The molecule has 3 rings (SSSR count). The lowest BCUT2D eigenvalue weighted by molar-refractivity contribution is -0.179. The molecule has 126 valence electrons. The van der Waals surface area contributed by atoms with E-state index in [4.69, 9.17) is 4.74 Å². The summed E-state index contributed by atoms with van der Waals surface area (Å²) in [6, 6.07) is 1.81. The standard InChI is InChI=1S/C17H23NO4S/c1-12(19)14-9-13(11-23-14)10-16(21)18-6-4-17(5-7-18)15(20)3-2-8-22-17/h9,11,15,20H,2-8,10H2,1H3/t15-/m1/s1. The molecule has 0 unspecified atom stereocenters. The third-order valence-electron chi connectivity index (χ3n) is 4.94. The van der Waals surface area contributed by atoms with E-state index in [0.29, 0.717) is 43.8 Å². The van der Waals surface area contributed by atoms with Gasteiger partial charge >= 0.3 is 0 Å². The first kappa shape index (κ1) is 16.6. The molecule has 1 aromatic heterocycles. The molecule has 0 saturated carbocycles. The summed E-state index contributed by atoms with van der Waals surface area (Å²) >= 11 is 1.39. The second-order valence-corrected chi connectivity index (χ2v) is 7.42. The smallest absolute Gasteiger partial charge is 0.227 e. The van der Waals surface area contributed by atoms with Crippen molar-refractivity contribution in [2.24, 2.45) is 0 Å². The van der Waals surface area contributed by atoms with Gasteiger partial charge in [0.05, 0.1) is 23.0 Å². The predicted molar refractivity (Wildman–Crippen MR) is 87.8 cm³/mol. The molecule has 0 aliphatic carbocycles. The normalized spacial score (nSPS) is 23.9. The lowest BCUT2D eigenvalue weighted by Crippen LogP contribution is -2.56. The van der Waals surface area contributed by atoms with Crippen LogP contribution in [0.4, 0.5) is 0 Å². The van der Waals surface area contributed by atoms with Crippen LogP contribution in [0, 0.1) is 0 Å². The number of likely N-dealkylation sites (tertiary alicyclic amines) is 1. The summed E-state index contributed by atoms with van der Waals surface area (Å²) in [6.45, 7) is 3.49. The van der Waals surface area contributed by atoms with Crippen LogP contribution in [0.15, 0.2) is 11.4 Å². The maximum atomic E-state index is 12.4. The second kappa shape index (κ2) is 6.71. The molecular formula is C17H23NO4S. The van der Waals surface area contributed by atoms with Crippen LogP contribution in [0.1, 0.15) is 47.8 Å². The zero-order chi connectivity index (χ0) is 16.4. The van der Waals surface area contributed by atoms with Gasteiger partial charge in [-0.3, -0.25) is 9.59 Å². The Morgan fingerprint density at radius 1 is 1.43 bits per heavy atom. The van der Waals surface area contributed by atoms with Crippen molar-refractivity contribution in [3.8, 4) is 0 Å². The van der Waals surface area contributed by atoms with Crippen LogP contribution < -0.4 is 0 Å². The molecule has 3 heterocycles. The van der Waals surface area contributed by atoms with E-state index in [2.05, 4.69) is 0 Å². The number of ether oxygens (including phenoxy) is 1. The van der Waals surface area contributed by atoms with E-state index >= 15 is 0 Å². The van der Waals surface area contributed by atoms with Gasteiger partial charge in [0.1, 0.15) is 0 Å². The van der Waals surface area contributed by atoms with Crippen LogP contribution >= 0.6 is 11.3 Å². The van der Waals surface area contributed by atoms with Gasteiger partial charge in [0.25, 0.3) is 0 Å². The van der Waals surface area contributed by atoms with Crippen molar-refractivity contribution in [2.75, 3.05) is 19.7 Å². The predicted octanol–water partition coefficient (Wildman–Crippen LogP) is 2.03. The summed E-state index contributed by atoms with van der Waals surface area (Å²) in [5, 5.41) is 12.1. The fourth-order valence-corrected chi connectivity index (χ4v) is 4.28. The molecule has 1 aromatic rings. The zero-order valence-electron chi connectivity index (χ0n) is 13.4. The number of nitrogens with zero attached hydrogens (tertiary/aromatic N) is 1. The Balaban J connectivity index is 1.56. The SMILES string of the molecule is CC(=O)c1cc(CC(=O)N2CCC3(CC2)OCCC[C@H]3O)cs1. The van der Waals surface area contributed by atoms with Gasteiger partial charge in [0.15, 0.2) is 5.78 Å². The third-order valence-corrected chi connectivity index (χ3v) is 6.02. The Kier molecular flexibility index (Phi) is 4.85. The molecule has 1 spiro atoms. The monoisotopic (exact) mass is 337 g/mol. The minimum absolute atomic E-state index is 0.0389. The number of carbonyl (C=O) groups is 2. The third kappa shape index (κ3) is 3.49. The van der Waals surface area contributed by atoms with E-state index in [1.807, 2.05) is 16.3 Å². The number of thiophene rings is 1. The van der Waals surface area contributed by atoms with Crippen LogP contribution in [-0.2, 0) is 16.0 Å². The number of aliphatic hydroxyl groups is 1. The van der Waals surface area contributed by atoms with E-state index in [0.717, 1.165) is 18.4 Å². The molecule has 2 aliphatic rings. The molecular weight excluding hydrogens is 314 g/mol. The van der Waals surface area contributed by atoms with Crippen molar-refractivity contribution in [3.63, 3.8) is 0 Å². The lowest BCUT2D eigenvalue weighted by Gasteiger charge is -2.46. The molecule has 5 nitrogen and oxygen atoms in total. The molecule has 6 heteroatoms. The summed E-state index contributed by atoms with van der Waals surface area (Å²) in [4.78, 5) is 26.3. The van der Waals surface area contributed by atoms with E-state index in [1.165, 1.54) is 18.3 Å². The summed E-state index contributed by atoms with van der Waals surface area (Å²) < 4.78 is 5.87. The van der Waals surface area contributed by atoms with Gasteiger partial charge in [-0.05, 0) is 49.6 Å². The van der Waals surface area contributed by atoms with Gasteiger partial charge in [-0.15, -0.1) is 11.3 Å². The molecule has 0 bridgehead atoms. The zero-order valence-corrected chi connectivity index (χ0v) is 14.2. The molecule has 1 amide bonds. The van der Waals surface area contributed by atoms with E-state index in [9.17, 15) is 14.7 Å². The van der Waals surface area contributed by atoms with E-state index in [-0.39, 0.29) is 11.7 Å². The number of hydrogen-bond donors (Lipinski definition) is 1. The van der Waals surface area contributed by atoms with Gasteiger partial charge in [0, 0.05) is 19.7 Å². The van der Waals surface area contributed by atoms with Gasteiger partial charge in [0.2, 0.25) is 5.91 Å². The first-order valence-electron chi connectivity index (χ1n) is 8.18. The van der Waals surface area contributed by atoms with Crippen LogP contribution in [0.25, 0.3) is 0 Å². The number of hydrogen-bond acceptors (Lipinski definition) is 5. The summed E-state index contributed by atoms with van der Waals surface area (Å²) in [5.41, 5.74) is 0.457. The first-order valence-corrected chi connectivity index (χ1v) is 9.06. The lowest BCUT2D eigenvalue weighted by atomic mass is 9.82. The molecule has 2 saturated heterocycles. The van der Waals surface area contributed by atoms with E-state index < -0.39 is 11.7 Å². The van der Waals surface area contributed by atoms with Crippen molar-refractivity contribution in [1.29, 1.82) is 0 Å². The maximum Gasteiger partial charge on any atom is 0.227 e. The number of piperidine rings is 1.